The lowest BCUT2D eigenvalue weighted by Crippen LogP contribution is -2.28. The number of nitrogens with one attached hydrogen (secondary N) is 3. The molecule has 22 heavy (non-hydrogen) atoms. The second-order valence-electron chi connectivity index (χ2n) is 4.72. The Labute approximate surface area is 133 Å². The van der Waals surface area contributed by atoms with E-state index in [2.05, 4.69) is 20.9 Å². The first-order chi connectivity index (χ1) is 10.6. The molecule has 1 aromatic carbocycles. The first-order valence-electron chi connectivity index (χ1n) is 6.82. The number of anilines is 1. The molecule has 1 heterocycles. The number of likely N-dealkylation sites (N-methyl/N-ethyl adjacent to an activating group) is 1. The van der Waals surface area contributed by atoms with Gasteiger partial charge in [0.25, 0.3) is 0 Å². The minimum absolute atomic E-state index is 0.0443. The van der Waals surface area contributed by atoms with Crippen molar-refractivity contribution >= 4 is 29.0 Å². The molecule has 2 aromatic rings. The Bertz CT molecular complexity index is 652. The third-order valence-electron chi connectivity index (χ3n) is 2.92. The highest BCUT2D eigenvalue weighted by molar-refractivity contribution is 7.11. The van der Waals surface area contributed by atoms with Crippen molar-refractivity contribution < 1.29 is 9.59 Å². The van der Waals surface area contributed by atoms with Gasteiger partial charge in [0, 0.05) is 23.8 Å². The molecule has 3 amide bonds. The average molecular weight is 318 g/mol. The van der Waals surface area contributed by atoms with Gasteiger partial charge in [-0.3, -0.25) is 4.79 Å². The molecule has 0 radical (unpaired) electrons. The minimum atomic E-state index is -0.285. The molecule has 0 saturated heterocycles. The van der Waals surface area contributed by atoms with E-state index >= 15 is 0 Å². The number of aromatic nitrogens is 1. The van der Waals surface area contributed by atoms with Crippen LogP contribution in [-0.2, 0) is 17.8 Å². The number of carbonyl (C=O) groups excluding carboxylic acids is 2. The summed E-state index contributed by atoms with van der Waals surface area (Å²) in [6.07, 6.45) is 2.11. The number of hydrogen-bond acceptors (Lipinski definition) is 4. The van der Waals surface area contributed by atoms with Crippen LogP contribution in [0.25, 0.3) is 0 Å². The molecular weight excluding hydrogens is 300 g/mol. The van der Waals surface area contributed by atoms with E-state index in [0.717, 1.165) is 15.4 Å². The summed E-state index contributed by atoms with van der Waals surface area (Å²) in [4.78, 5) is 28.4. The quantitative estimate of drug-likeness (QED) is 0.789. The molecule has 0 saturated carbocycles. The summed E-state index contributed by atoms with van der Waals surface area (Å²) in [5, 5.41) is 8.93. The van der Waals surface area contributed by atoms with Crippen LogP contribution in [0.2, 0.25) is 0 Å². The summed E-state index contributed by atoms with van der Waals surface area (Å²) in [6.45, 7) is 2.38. The van der Waals surface area contributed by atoms with E-state index in [-0.39, 0.29) is 11.9 Å². The maximum Gasteiger partial charge on any atom is 0.319 e. The van der Waals surface area contributed by atoms with Crippen molar-refractivity contribution in [1.29, 1.82) is 0 Å². The van der Waals surface area contributed by atoms with Crippen LogP contribution in [0.4, 0.5) is 10.5 Å². The van der Waals surface area contributed by atoms with Gasteiger partial charge in [-0.15, -0.1) is 11.3 Å². The van der Waals surface area contributed by atoms with Crippen LogP contribution in [0, 0.1) is 6.92 Å². The first kappa shape index (κ1) is 16.0. The topological polar surface area (TPSA) is 83.1 Å². The van der Waals surface area contributed by atoms with Crippen LogP contribution in [0.5, 0.6) is 0 Å². The lowest BCUT2D eigenvalue weighted by atomic mass is 10.1. The van der Waals surface area contributed by atoms with Gasteiger partial charge in [-0.1, -0.05) is 12.1 Å². The van der Waals surface area contributed by atoms with E-state index in [1.54, 1.807) is 36.7 Å². The summed E-state index contributed by atoms with van der Waals surface area (Å²) in [7, 11) is 1.60. The summed E-state index contributed by atoms with van der Waals surface area (Å²) in [5.74, 6) is -0.0443. The van der Waals surface area contributed by atoms with Gasteiger partial charge in [-0.05, 0) is 24.6 Å². The minimum Gasteiger partial charge on any atom is -0.359 e. The Balaban J connectivity index is 1.82. The van der Waals surface area contributed by atoms with E-state index < -0.39 is 0 Å². The molecule has 3 N–H and O–H groups in total. The van der Waals surface area contributed by atoms with Crippen LogP contribution < -0.4 is 16.0 Å². The average Bonchev–Trinajstić information content (AvgIpc) is 2.92. The van der Waals surface area contributed by atoms with Crippen molar-refractivity contribution in [3.63, 3.8) is 0 Å². The van der Waals surface area contributed by atoms with Gasteiger partial charge < -0.3 is 16.0 Å². The summed E-state index contributed by atoms with van der Waals surface area (Å²) in [5.41, 5.74) is 1.57. The maximum atomic E-state index is 11.8. The van der Waals surface area contributed by atoms with E-state index in [0.29, 0.717) is 18.7 Å². The van der Waals surface area contributed by atoms with Gasteiger partial charge in [-0.2, -0.15) is 0 Å². The molecule has 1 aromatic heterocycles. The normalized spacial score (nSPS) is 10.1. The van der Waals surface area contributed by atoms with E-state index in [1.807, 2.05) is 19.1 Å². The van der Waals surface area contributed by atoms with Crippen LogP contribution in [0.3, 0.4) is 0 Å². The zero-order valence-corrected chi connectivity index (χ0v) is 13.3. The summed E-state index contributed by atoms with van der Waals surface area (Å²) in [6, 6.07) is 6.88. The highest BCUT2D eigenvalue weighted by Gasteiger charge is 2.05. The van der Waals surface area contributed by atoms with E-state index in [9.17, 15) is 9.59 Å². The number of urea groups is 1. The predicted octanol–water partition coefficient (Wildman–Crippen LogP) is 2.06. The Hall–Kier alpha value is -2.41. The van der Waals surface area contributed by atoms with E-state index in [4.69, 9.17) is 0 Å². The fourth-order valence-corrected chi connectivity index (χ4v) is 2.52. The Morgan fingerprint density at radius 1 is 1.23 bits per heavy atom. The fourth-order valence-electron chi connectivity index (χ4n) is 1.79. The zero-order valence-electron chi connectivity index (χ0n) is 12.5. The molecule has 0 aliphatic carbocycles. The zero-order chi connectivity index (χ0) is 15.9. The van der Waals surface area contributed by atoms with Crippen molar-refractivity contribution in [3.05, 3.63) is 45.9 Å². The van der Waals surface area contributed by atoms with Crippen molar-refractivity contribution in [3.8, 4) is 0 Å². The summed E-state index contributed by atoms with van der Waals surface area (Å²) < 4.78 is 0. The number of carbonyl (C=O) groups is 2. The number of hydrogen-bond donors (Lipinski definition) is 3. The third-order valence-corrected chi connectivity index (χ3v) is 3.84. The molecule has 0 atom stereocenters. The molecule has 0 aliphatic rings. The van der Waals surface area contributed by atoms with Crippen molar-refractivity contribution in [1.82, 2.24) is 15.6 Å². The molecule has 2 rings (SSSR count). The second kappa shape index (κ2) is 7.56. The van der Waals surface area contributed by atoms with Gasteiger partial charge in [0.05, 0.1) is 13.0 Å². The molecular formula is C15H18N4O2S. The number of amides is 3. The van der Waals surface area contributed by atoms with Crippen molar-refractivity contribution in [2.24, 2.45) is 0 Å². The van der Waals surface area contributed by atoms with Crippen molar-refractivity contribution in [2.75, 3.05) is 12.4 Å². The van der Waals surface area contributed by atoms with Gasteiger partial charge in [0.2, 0.25) is 5.91 Å². The van der Waals surface area contributed by atoms with Gasteiger partial charge >= 0.3 is 6.03 Å². The largest absolute Gasteiger partial charge is 0.359 e. The highest BCUT2D eigenvalue weighted by Crippen LogP contribution is 2.12. The fraction of sp³-hybridized carbons (Fsp3) is 0.267. The SMILES string of the molecule is CNC(=O)Cc1ccc(NC(=O)NCc2ncc(C)s2)cc1. The van der Waals surface area contributed by atoms with Crippen molar-refractivity contribution in [2.45, 2.75) is 19.9 Å². The number of nitrogens with zero attached hydrogens (tertiary/aromatic N) is 1. The predicted molar refractivity (Wildman–Crippen MR) is 86.9 cm³/mol. The molecule has 0 fully saturated rings. The lowest BCUT2D eigenvalue weighted by molar-refractivity contribution is -0.119. The van der Waals surface area contributed by atoms with E-state index in [1.165, 1.54) is 0 Å². The van der Waals surface area contributed by atoms with Crippen LogP contribution in [0.15, 0.2) is 30.5 Å². The van der Waals surface area contributed by atoms with Gasteiger partial charge in [0.1, 0.15) is 5.01 Å². The van der Waals surface area contributed by atoms with Crippen LogP contribution in [0.1, 0.15) is 15.4 Å². The highest BCUT2D eigenvalue weighted by atomic mass is 32.1. The number of benzene rings is 1. The monoisotopic (exact) mass is 318 g/mol. The first-order valence-corrected chi connectivity index (χ1v) is 7.64. The second-order valence-corrected chi connectivity index (χ2v) is 6.04. The molecule has 116 valence electrons. The Morgan fingerprint density at radius 3 is 2.55 bits per heavy atom. The van der Waals surface area contributed by atoms with Gasteiger partial charge in [0.15, 0.2) is 0 Å². The Morgan fingerprint density at radius 2 is 1.95 bits per heavy atom. The Kier molecular flexibility index (Phi) is 5.48. The third kappa shape index (κ3) is 4.85. The molecule has 6 nitrogen and oxygen atoms in total. The number of thiazole rings is 1. The van der Waals surface area contributed by atoms with Crippen LogP contribution in [-0.4, -0.2) is 24.0 Å². The maximum absolute atomic E-state index is 11.8. The lowest BCUT2D eigenvalue weighted by Gasteiger charge is -2.07. The van der Waals surface area contributed by atoms with Gasteiger partial charge in [-0.25, -0.2) is 9.78 Å². The standard InChI is InChI=1S/C15H18N4O2S/c1-10-8-17-14(22-10)9-18-15(21)19-12-5-3-11(4-6-12)7-13(20)16-2/h3-6,8H,7,9H2,1-2H3,(H,16,20)(H2,18,19,21). The number of rotatable bonds is 5. The number of aryl methyl sites for hydroxylation is 1. The molecule has 0 aliphatic heterocycles. The molecule has 0 unspecified atom stereocenters. The molecule has 0 spiro atoms. The van der Waals surface area contributed by atoms with Crippen LogP contribution >= 0.6 is 11.3 Å². The molecule has 0 bridgehead atoms. The summed E-state index contributed by atoms with van der Waals surface area (Å²) >= 11 is 1.55. The molecule has 7 heteroatoms. The smallest absolute Gasteiger partial charge is 0.319 e.